The molecule has 7 nitrogen and oxygen atoms in total. The Morgan fingerprint density at radius 1 is 1.13 bits per heavy atom. The van der Waals surface area contributed by atoms with Crippen molar-refractivity contribution in [1.82, 2.24) is 14.8 Å². The van der Waals surface area contributed by atoms with Gasteiger partial charge in [-0.2, -0.15) is 0 Å². The molecule has 0 radical (unpaired) electrons. The highest BCUT2D eigenvalue weighted by Gasteiger charge is 2.57. The van der Waals surface area contributed by atoms with Crippen LogP contribution in [0.2, 0.25) is 0 Å². The van der Waals surface area contributed by atoms with E-state index in [1.54, 1.807) is 22.5 Å². The molecule has 2 amide bonds. The second kappa shape index (κ2) is 8.67. The van der Waals surface area contributed by atoms with Crippen molar-refractivity contribution in [3.63, 3.8) is 0 Å². The second-order valence-electron chi connectivity index (χ2n) is 8.28. The fourth-order valence-corrected chi connectivity index (χ4v) is 5.13. The first-order valence-corrected chi connectivity index (χ1v) is 11.0. The normalized spacial score (nSPS) is 24.0. The van der Waals surface area contributed by atoms with Gasteiger partial charge >= 0.3 is 0 Å². The quantitative estimate of drug-likeness (QED) is 0.743. The maximum Gasteiger partial charge on any atom is 0.258 e. The summed E-state index contributed by atoms with van der Waals surface area (Å²) in [7, 11) is 0. The van der Waals surface area contributed by atoms with Gasteiger partial charge in [-0.1, -0.05) is 44.2 Å². The van der Waals surface area contributed by atoms with Crippen molar-refractivity contribution in [2.45, 2.75) is 45.3 Å². The number of amides is 2. The van der Waals surface area contributed by atoms with Gasteiger partial charge in [-0.15, -0.1) is 0 Å². The zero-order valence-electron chi connectivity index (χ0n) is 18.0. The standard InChI is InChI=1S/C24H29N3O4/c1-3-12-25-23(30)21-17(14-28)19-13-26-18(22(21)27(19)20(29)4-2)11-10-16(24(26)31)15-8-6-5-7-9-15/h5-11,17,19,21-22,28H,3-4,12-14H2,1-2H3,(H,25,30)/t17-,19-,21+,22+/m1/s1. The summed E-state index contributed by atoms with van der Waals surface area (Å²) in [5.41, 5.74) is 1.95. The topological polar surface area (TPSA) is 91.6 Å². The van der Waals surface area contributed by atoms with Crippen LogP contribution in [0.5, 0.6) is 0 Å². The third-order valence-electron chi connectivity index (χ3n) is 6.57. The predicted molar refractivity (Wildman–Crippen MR) is 117 cm³/mol. The van der Waals surface area contributed by atoms with E-state index in [2.05, 4.69) is 5.32 Å². The fraction of sp³-hybridized carbons (Fsp3) is 0.458. The van der Waals surface area contributed by atoms with E-state index >= 15 is 0 Å². The lowest BCUT2D eigenvalue weighted by molar-refractivity contribution is -0.136. The molecule has 164 valence electrons. The summed E-state index contributed by atoms with van der Waals surface area (Å²) >= 11 is 0. The van der Waals surface area contributed by atoms with Gasteiger partial charge in [0.15, 0.2) is 0 Å². The monoisotopic (exact) mass is 423 g/mol. The lowest BCUT2D eigenvalue weighted by Crippen LogP contribution is -2.49. The Morgan fingerprint density at radius 2 is 1.87 bits per heavy atom. The van der Waals surface area contributed by atoms with E-state index < -0.39 is 23.9 Å². The summed E-state index contributed by atoms with van der Waals surface area (Å²) < 4.78 is 1.70. The highest BCUT2D eigenvalue weighted by atomic mass is 16.3. The number of hydrogen-bond acceptors (Lipinski definition) is 4. The predicted octanol–water partition coefficient (Wildman–Crippen LogP) is 1.94. The van der Waals surface area contributed by atoms with Gasteiger partial charge in [0.1, 0.15) is 0 Å². The Balaban J connectivity index is 1.85. The van der Waals surface area contributed by atoms with Crippen LogP contribution in [0.15, 0.2) is 47.3 Å². The summed E-state index contributed by atoms with van der Waals surface area (Å²) in [6.07, 6.45) is 1.10. The zero-order valence-corrected chi connectivity index (χ0v) is 18.0. The molecule has 0 aliphatic carbocycles. The van der Waals surface area contributed by atoms with E-state index in [1.165, 1.54) is 0 Å². The highest BCUT2D eigenvalue weighted by Crippen LogP contribution is 2.48. The number of fused-ring (bicyclic) bond motifs is 4. The van der Waals surface area contributed by atoms with Crippen molar-refractivity contribution in [3.8, 4) is 11.1 Å². The molecule has 4 rings (SSSR count). The molecule has 7 heteroatoms. The summed E-state index contributed by atoms with van der Waals surface area (Å²) in [5, 5.41) is 13.1. The number of carbonyl (C=O) groups excluding carboxylic acids is 2. The van der Waals surface area contributed by atoms with Gasteiger partial charge < -0.3 is 19.9 Å². The average molecular weight is 424 g/mol. The number of aromatic nitrogens is 1. The minimum absolute atomic E-state index is 0.0647. The molecule has 1 saturated heterocycles. The molecule has 2 aromatic rings. The Bertz CT molecular complexity index is 1030. The van der Waals surface area contributed by atoms with Crippen LogP contribution in [-0.2, 0) is 16.1 Å². The van der Waals surface area contributed by atoms with Crippen LogP contribution in [0, 0.1) is 11.8 Å². The summed E-state index contributed by atoms with van der Waals surface area (Å²) in [5.74, 6) is -1.25. The van der Waals surface area contributed by atoms with Gasteiger partial charge in [-0.3, -0.25) is 14.4 Å². The molecule has 2 aliphatic rings. The Labute approximate surface area is 181 Å². The first-order valence-electron chi connectivity index (χ1n) is 11.0. The Morgan fingerprint density at radius 3 is 2.52 bits per heavy atom. The van der Waals surface area contributed by atoms with Gasteiger partial charge in [0.25, 0.3) is 5.56 Å². The number of nitrogens with zero attached hydrogens (tertiary/aromatic N) is 2. The number of carbonyl (C=O) groups is 2. The molecule has 1 aromatic heterocycles. The Hall–Kier alpha value is -2.93. The largest absolute Gasteiger partial charge is 0.396 e. The lowest BCUT2D eigenvalue weighted by atomic mass is 9.86. The van der Waals surface area contributed by atoms with Crippen molar-refractivity contribution in [2.24, 2.45) is 11.8 Å². The first-order chi connectivity index (χ1) is 15.0. The molecule has 2 aliphatic heterocycles. The molecule has 0 spiro atoms. The van der Waals surface area contributed by atoms with E-state index in [0.29, 0.717) is 24.2 Å². The van der Waals surface area contributed by atoms with E-state index in [9.17, 15) is 19.5 Å². The summed E-state index contributed by atoms with van der Waals surface area (Å²) in [4.78, 5) is 41.2. The smallest absolute Gasteiger partial charge is 0.258 e. The number of nitrogens with one attached hydrogen (secondary N) is 1. The number of benzene rings is 1. The van der Waals surface area contributed by atoms with E-state index in [4.69, 9.17) is 0 Å². The van der Waals surface area contributed by atoms with Crippen molar-refractivity contribution in [2.75, 3.05) is 13.2 Å². The maximum atomic E-state index is 13.4. The molecular formula is C24H29N3O4. The summed E-state index contributed by atoms with van der Waals surface area (Å²) in [6.45, 7) is 4.37. The molecule has 0 unspecified atom stereocenters. The third-order valence-corrected chi connectivity index (χ3v) is 6.57. The highest BCUT2D eigenvalue weighted by molar-refractivity contribution is 5.84. The van der Waals surface area contributed by atoms with Crippen LogP contribution in [-0.4, -0.2) is 45.6 Å². The number of hydrogen-bond donors (Lipinski definition) is 2. The minimum atomic E-state index is -0.590. The van der Waals surface area contributed by atoms with Crippen molar-refractivity contribution in [3.05, 3.63) is 58.5 Å². The lowest BCUT2D eigenvalue weighted by Gasteiger charge is -2.38. The van der Waals surface area contributed by atoms with Crippen LogP contribution in [0.4, 0.5) is 0 Å². The van der Waals surface area contributed by atoms with Gasteiger partial charge in [0.2, 0.25) is 11.8 Å². The number of aliphatic hydroxyl groups excluding tert-OH is 1. The Kier molecular flexibility index (Phi) is 5.96. The molecule has 0 saturated carbocycles. The third kappa shape index (κ3) is 3.47. The number of pyridine rings is 1. The van der Waals surface area contributed by atoms with Crippen molar-refractivity contribution in [1.29, 1.82) is 0 Å². The maximum absolute atomic E-state index is 13.4. The van der Waals surface area contributed by atoms with Crippen LogP contribution in [0.25, 0.3) is 11.1 Å². The molecule has 2 bridgehead atoms. The van der Waals surface area contributed by atoms with E-state index in [1.807, 2.05) is 43.3 Å². The average Bonchev–Trinajstić information content (AvgIpc) is 3.04. The van der Waals surface area contributed by atoms with Crippen molar-refractivity contribution < 1.29 is 14.7 Å². The number of aliphatic hydroxyl groups is 1. The van der Waals surface area contributed by atoms with Gasteiger partial charge in [-0.25, -0.2) is 0 Å². The molecule has 31 heavy (non-hydrogen) atoms. The molecule has 1 fully saturated rings. The van der Waals surface area contributed by atoms with E-state index in [0.717, 1.165) is 12.0 Å². The first kappa shape index (κ1) is 21.3. The molecule has 2 N–H and O–H groups in total. The molecule has 4 atom stereocenters. The molecular weight excluding hydrogens is 394 g/mol. The zero-order chi connectivity index (χ0) is 22.1. The van der Waals surface area contributed by atoms with Crippen LogP contribution in [0.1, 0.15) is 38.4 Å². The SMILES string of the molecule is CCCNC(=O)[C@H]1[C@H](CO)[C@H]2Cn3c(ccc(-c4ccccc4)c3=O)[C@@H]1N2C(=O)CC. The molecule has 1 aromatic carbocycles. The van der Waals surface area contributed by atoms with Gasteiger partial charge in [0, 0.05) is 43.3 Å². The summed E-state index contributed by atoms with van der Waals surface area (Å²) in [6, 6.07) is 12.2. The second-order valence-corrected chi connectivity index (χ2v) is 8.28. The van der Waals surface area contributed by atoms with Crippen LogP contribution >= 0.6 is 0 Å². The van der Waals surface area contributed by atoms with Crippen molar-refractivity contribution >= 4 is 11.8 Å². The number of rotatable bonds is 6. The van der Waals surface area contributed by atoms with Gasteiger partial charge in [-0.05, 0) is 24.1 Å². The van der Waals surface area contributed by atoms with E-state index in [-0.39, 0.29) is 30.5 Å². The molecule has 3 heterocycles. The van der Waals surface area contributed by atoms with Crippen LogP contribution < -0.4 is 10.9 Å². The van der Waals surface area contributed by atoms with Crippen LogP contribution in [0.3, 0.4) is 0 Å². The van der Waals surface area contributed by atoms with Gasteiger partial charge in [0.05, 0.1) is 18.0 Å². The minimum Gasteiger partial charge on any atom is -0.396 e. The fourth-order valence-electron chi connectivity index (χ4n) is 5.13.